The SMILES string of the molecule is CC=C(C)COC(=O)c1ccccc1. The highest BCUT2D eigenvalue weighted by Gasteiger charge is 2.04. The number of ether oxygens (including phenoxy) is 1. The molecule has 0 aliphatic heterocycles. The zero-order valence-corrected chi connectivity index (χ0v) is 8.49. The Morgan fingerprint density at radius 2 is 2.00 bits per heavy atom. The number of rotatable bonds is 3. The summed E-state index contributed by atoms with van der Waals surface area (Å²) in [4.78, 5) is 11.4. The van der Waals surface area contributed by atoms with Crippen LogP contribution < -0.4 is 0 Å². The molecule has 2 nitrogen and oxygen atoms in total. The number of carbonyl (C=O) groups excluding carboxylic acids is 1. The Bertz CT molecular complexity index is 325. The minimum absolute atomic E-state index is 0.271. The van der Waals surface area contributed by atoms with Crippen LogP contribution in [0.2, 0.25) is 0 Å². The average molecular weight is 190 g/mol. The minimum Gasteiger partial charge on any atom is -0.458 e. The van der Waals surface area contributed by atoms with E-state index in [9.17, 15) is 4.79 Å². The lowest BCUT2D eigenvalue weighted by molar-refractivity contribution is 0.0540. The molecule has 0 amide bonds. The Morgan fingerprint density at radius 3 is 2.57 bits per heavy atom. The van der Waals surface area contributed by atoms with Gasteiger partial charge in [-0.1, -0.05) is 24.3 Å². The van der Waals surface area contributed by atoms with Gasteiger partial charge >= 0.3 is 5.97 Å². The maximum absolute atomic E-state index is 11.4. The van der Waals surface area contributed by atoms with Crippen molar-refractivity contribution in [2.24, 2.45) is 0 Å². The molecule has 0 radical (unpaired) electrons. The number of carbonyl (C=O) groups is 1. The number of esters is 1. The van der Waals surface area contributed by atoms with Gasteiger partial charge in [-0.2, -0.15) is 0 Å². The lowest BCUT2D eigenvalue weighted by atomic mass is 10.2. The van der Waals surface area contributed by atoms with Crippen LogP contribution in [0.3, 0.4) is 0 Å². The van der Waals surface area contributed by atoms with E-state index in [-0.39, 0.29) is 5.97 Å². The fourth-order valence-corrected chi connectivity index (χ4v) is 0.920. The summed E-state index contributed by atoms with van der Waals surface area (Å²) in [5.74, 6) is -0.271. The normalized spacial score (nSPS) is 11.1. The van der Waals surface area contributed by atoms with Crippen molar-refractivity contribution in [1.82, 2.24) is 0 Å². The number of hydrogen-bond donors (Lipinski definition) is 0. The minimum atomic E-state index is -0.271. The van der Waals surface area contributed by atoms with Crippen LogP contribution in [0, 0.1) is 0 Å². The van der Waals surface area contributed by atoms with E-state index in [0.29, 0.717) is 12.2 Å². The van der Waals surface area contributed by atoms with Crippen LogP contribution >= 0.6 is 0 Å². The van der Waals surface area contributed by atoms with Crippen LogP contribution in [0.25, 0.3) is 0 Å². The van der Waals surface area contributed by atoms with E-state index in [0.717, 1.165) is 5.57 Å². The maximum Gasteiger partial charge on any atom is 0.338 e. The number of benzene rings is 1. The van der Waals surface area contributed by atoms with Crippen molar-refractivity contribution in [1.29, 1.82) is 0 Å². The molecule has 0 N–H and O–H groups in total. The fraction of sp³-hybridized carbons (Fsp3) is 0.250. The third-order valence-electron chi connectivity index (χ3n) is 1.93. The smallest absolute Gasteiger partial charge is 0.338 e. The number of allylic oxidation sites excluding steroid dienone is 1. The van der Waals surface area contributed by atoms with Crippen LogP contribution in [0.15, 0.2) is 42.0 Å². The highest BCUT2D eigenvalue weighted by atomic mass is 16.5. The fourth-order valence-electron chi connectivity index (χ4n) is 0.920. The summed E-state index contributed by atoms with van der Waals surface area (Å²) >= 11 is 0. The molecular weight excluding hydrogens is 176 g/mol. The van der Waals surface area contributed by atoms with Crippen molar-refractivity contribution in [3.8, 4) is 0 Å². The molecular formula is C12H14O2. The maximum atomic E-state index is 11.4. The van der Waals surface area contributed by atoms with Gasteiger partial charge in [-0.3, -0.25) is 0 Å². The van der Waals surface area contributed by atoms with Crippen molar-refractivity contribution < 1.29 is 9.53 Å². The summed E-state index contributed by atoms with van der Waals surface area (Å²) < 4.78 is 5.07. The summed E-state index contributed by atoms with van der Waals surface area (Å²) in [7, 11) is 0. The van der Waals surface area contributed by atoms with Crippen LogP contribution in [-0.2, 0) is 4.74 Å². The highest BCUT2D eigenvalue weighted by Crippen LogP contribution is 2.02. The van der Waals surface area contributed by atoms with E-state index >= 15 is 0 Å². The van der Waals surface area contributed by atoms with Crippen molar-refractivity contribution >= 4 is 5.97 Å². The monoisotopic (exact) mass is 190 g/mol. The zero-order chi connectivity index (χ0) is 10.4. The first-order valence-electron chi connectivity index (χ1n) is 4.58. The Hall–Kier alpha value is -1.57. The first-order valence-corrected chi connectivity index (χ1v) is 4.58. The van der Waals surface area contributed by atoms with Crippen molar-refractivity contribution in [2.45, 2.75) is 13.8 Å². The van der Waals surface area contributed by atoms with Gasteiger partial charge in [0.25, 0.3) is 0 Å². The van der Waals surface area contributed by atoms with Crippen molar-refractivity contribution in [3.63, 3.8) is 0 Å². The van der Waals surface area contributed by atoms with Gasteiger partial charge in [0.05, 0.1) is 5.56 Å². The van der Waals surface area contributed by atoms with E-state index in [4.69, 9.17) is 4.74 Å². The predicted molar refractivity (Wildman–Crippen MR) is 56.2 cm³/mol. The van der Waals surface area contributed by atoms with Gasteiger partial charge in [0.1, 0.15) is 6.61 Å². The third-order valence-corrected chi connectivity index (χ3v) is 1.93. The lowest BCUT2D eigenvalue weighted by Gasteiger charge is -2.03. The Morgan fingerprint density at radius 1 is 1.36 bits per heavy atom. The molecule has 14 heavy (non-hydrogen) atoms. The molecule has 0 saturated heterocycles. The van der Waals surface area contributed by atoms with Crippen molar-refractivity contribution in [2.75, 3.05) is 6.61 Å². The van der Waals surface area contributed by atoms with Crippen molar-refractivity contribution in [3.05, 3.63) is 47.5 Å². The van der Waals surface area contributed by atoms with Crippen LogP contribution in [0.4, 0.5) is 0 Å². The summed E-state index contributed by atoms with van der Waals surface area (Å²) in [6.07, 6.45) is 1.93. The topological polar surface area (TPSA) is 26.3 Å². The molecule has 2 heteroatoms. The summed E-state index contributed by atoms with van der Waals surface area (Å²) in [5, 5.41) is 0. The molecule has 0 saturated carbocycles. The molecule has 0 aromatic heterocycles. The van der Waals surface area contributed by atoms with Crippen LogP contribution in [0.1, 0.15) is 24.2 Å². The van der Waals surface area contributed by atoms with E-state index in [1.165, 1.54) is 0 Å². The summed E-state index contributed by atoms with van der Waals surface area (Å²) in [6.45, 7) is 4.22. The summed E-state index contributed by atoms with van der Waals surface area (Å²) in [6, 6.07) is 8.99. The van der Waals surface area contributed by atoms with Gasteiger partial charge in [-0.15, -0.1) is 0 Å². The molecule has 0 heterocycles. The molecule has 0 bridgehead atoms. The number of hydrogen-bond acceptors (Lipinski definition) is 2. The molecule has 0 unspecified atom stereocenters. The Balaban J connectivity index is 2.52. The molecule has 1 aromatic rings. The Labute approximate surface area is 84.2 Å². The standard InChI is InChI=1S/C12H14O2/c1-3-10(2)9-14-12(13)11-7-5-4-6-8-11/h3-8H,9H2,1-2H3. The lowest BCUT2D eigenvalue weighted by Crippen LogP contribution is -2.06. The van der Waals surface area contributed by atoms with Gasteiger partial charge in [0, 0.05) is 0 Å². The van der Waals surface area contributed by atoms with Gasteiger partial charge in [-0.25, -0.2) is 4.79 Å². The van der Waals surface area contributed by atoms with E-state index in [1.54, 1.807) is 12.1 Å². The molecule has 0 atom stereocenters. The Kier molecular flexibility index (Phi) is 3.92. The molecule has 1 rings (SSSR count). The zero-order valence-electron chi connectivity index (χ0n) is 8.49. The quantitative estimate of drug-likeness (QED) is 0.541. The predicted octanol–water partition coefficient (Wildman–Crippen LogP) is 2.81. The first kappa shape index (κ1) is 10.5. The van der Waals surface area contributed by atoms with Crippen LogP contribution in [-0.4, -0.2) is 12.6 Å². The summed E-state index contributed by atoms with van der Waals surface area (Å²) in [5.41, 5.74) is 1.64. The van der Waals surface area contributed by atoms with E-state index in [1.807, 2.05) is 38.1 Å². The second kappa shape index (κ2) is 5.22. The molecule has 74 valence electrons. The highest BCUT2D eigenvalue weighted by molar-refractivity contribution is 5.89. The van der Waals surface area contributed by atoms with Gasteiger partial charge in [0.15, 0.2) is 0 Å². The van der Waals surface area contributed by atoms with E-state index in [2.05, 4.69) is 0 Å². The third kappa shape index (κ3) is 3.05. The molecule has 1 aromatic carbocycles. The second-order valence-electron chi connectivity index (χ2n) is 3.08. The molecule has 0 aliphatic carbocycles. The van der Waals surface area contributed by atoms with E-state index < -0.39 is 0 Å². The van der Waals surface area contributed by atoms with Gasteiger partial charge in [0.2, 0.25) is 0 Å². The first-order chi connectivity index (χ1) is 6.74. The second-order valence-corrected chi connectivity index (χ2v) is 3.08. The van der Waals surface area contributed by atoms with Gasteiger partial charge < -0.3 is 4.74 Å². The molecule has 0 fully saturated rings. The molecule has 0 aliphatic rings. The largest absolute Gasteiger partial charge is 0.458 e. The van der Waals surface area contributed by atoms with Gasteiger partial charge in [-0.05, 0) is 31.6 Å². The van der Waals surface area contributed by atoms with Crippen LogP contribution in [0.5, 0.6) is 0 Å². The average Bonchev–Trinajstić information content (AvgIpc) is 2.26. The molecule has 0 spiro atoms.